The molecule has 2 aromatic rings. The Kier molecular flexibility index (Phi) is 8.66. The van der Waals surface area contributed by atoms with Gasteiger partial charge in [-0.1, -0.05) is 41.9 Å². The average Bonchev–Trinajstić information content (AvgIpc) is 3.51. The molecule has 0 radical (unpaired) electrons. The first-order chi connectivity index (χ1) is 13.8. The molecule has 0 aromatic heterocycles. The quantitative estimate of drug-likeness (QED) is 0.428. The number of carboxylic acid groups (broad SMARTS) is 1. The Labute approximate surface area is 191 Å². The molecular weight excluding hydrogens is 404 g/mol. The third-order valence-corrected chi connectivity index (χ3v) is 5.43. The van der Waals surface area contributed by atoms with Crippen molar-refractivity contribution in [3.05, 3.63) is 69.5 Å². The summed E-state index contributed by atoms with van der Waals surface area (Å²) >= 11 is 6.17. The van der Waals surface area contributed by atoms with Gasteiger partial charge in [0.1, 0.15) is 5.82 Å². The van der Waals surface area contributed by atoms with E-state index in [-0.39, 0.29) is 54.0 Å². The number of halogens is 2. The molecule has 1 unspecified atom stereocenters. The van der Waals surface area contributed by atoms with Gasteiger partial charge in [0.05, 0.1) is 17.2 Å². The molecule has 1 aliphatic carbocycles. The second-order valence-corrected chi connectivity index (χ2v) is 7.88. The van der Waals surface area contributed by atoms with Gasteiger partial charge in [0, 0.05) is 35.6 Å². The van der Waals surface area contributed by atoms with Gasteiger partial charge in [-0.3, -0.25) is 4.79 Å². The van der Waals surface area contributed by atoms with E-state index in [1.54, 1.807) is 25.1 Å². The number of carbonyl (C=O) groups is 2. The Morgan fingerprint density at radius 1 is 1.23 bits per heavy atom. The predicted molar refractivity (Wildman–Crippen MR) is 105 cm³/mol. The van der Waals surface area contributed by atoms with Gasteiger partial charge in [-0.2, -0.15) is 0 Å². The van der Waals surface area contributed by atoms with Crippen LogP contribution in [0.5, 0.6) is 0 Å². The summed E-state index contributed by atoms with van der Waals surface area (Å²) in [5, 5.41) is 23.2. The summed E-state index contributed by atoms with van der Waals surface area (Å²) in [5.74, 6) is -2.25. The fourth-order valence-corrected chi connectivity index (χ4v) is 3.68. The van der Waals surface area contributed by atoms with E-state index in [0.717, 1.165) is 12.8 Å². The van der Waals surface area contributed by atoms with Crippen LogP contribution >= 0.6 is 11.6 Å². The van der Waals surface area contributed by atoms with Crippen LogP contribution in [-0.4, -0.2) is 22.9 Å². The zero-order valence-electron chi connectivity index (χ0n) is 17.0. The third-order valence-electron chi connectivity index (χ3n) is 5.11. The summed E-state index contributed by atoms with van der Waals surface area (Å²) in [5.41, 5.74) is 1.00. The van der Waals surface area contributed by atoms with E-state index in [1.165, 1.54) is 18.2 Å². The van der Waals surface area contributed by atoms with E-state index in [1.807, 2.05) is 0 Å². The first-order valence-corrected chi connectivity index (χ1v) is 9.88. The second kappa shape index (κ2) is 10.6. The zero-order chi connectivity index (χ0) is 21.1. The summed E-state index contributed by atoms with van der Waals surface area (Å²) in [6, 6.07) is 8.46. The van der Waals surface area contributed by atoms with E-state index >= 15 is 4.39 Å². The van der Waals surface area contributed by atoms with Crippen molar-refractivity contribution in [3.8, 4) is 0 Å². The van der Waals surface area contributed by atoms with E-state index < -0.39 is 29.7 Å². The van der Waals surface area contributed by atoms with Crippen molar-refractivity contribution in [3.63, 3.8) is 0 Å². The summed E-state index contributed by atoms with van der Waals surface area (Å²) in [4.78, 5) is 23.8. The number of carbonyl (C=O) groups excluding carboxylic acids is 2. The molecule has 0 spiro atoms. The molecule has 1 saturated carbocycles. The Hall–Kier alpha value is -1.68. The zero-order valence-corrected chi connectivity index (χ0v) is 17.7. The fourth-order valence-electron chi connectivity index (χ4n) is 3.45. The van der Waals surface area contributed by atoms with E-state index in [2.05, 4.69) is 5.32 Å². The van der Waals surface area contributed by atoms with E-state index in [0.29, 0.717) is 11.1 Å². The first kappa shape index (κ1) is 24.6. The molecule has 0 amide bonds. The van der Waals surface area contributed by atoms with Gasteiger partial charge in [0.2, 0.25) is 0 Å². The molecule has 154 valence electrons. The van der Waals surface area contributed by atoms with Gasteiger partial charge in [0.15, 0.2) is 5.78 Å². The van der Waals surface area contributed by atoms with Crippen molar-refractivity contribution in [1.82, 2.24) is 5.32 Å². The molecule has 0 heterocycles. The molecule has 5 nitrogen and oxygen atoms in total. The first-order valence-electron chi connectivity index (χ1n) is 9.50. The molecule has 1 fully saturated rings. The Morgan fingerprint density at radius 3 is 2.40 bits per heavy atom. The van der Waals surface area contributed by atoms with Gasteiger partial charge in [-0.05, 0) is 37.3 Å². The third kappa shape index (κ3) is 5.72. The maximum Gasteiger partial charge on any atom is 1.00 e. The monoisotopic (exact) mass is 425 g/mol. The number of aliphatic carboxylic acids is 1. The van der Waals surface area contributed by atoms with Gasteiger partial charge in [0.25, 0.3) is 0 Å². The van der Waals surface area contributed by atoms with E-state index in [4.69, 9.17) is 16.7 Å². The smallest absolute Gasteiger partial charge is 0.550 e. The Balaban J connectivity index is 0.00000320. The number of ketones is 1. The number of carboxylic acids is 1. The largest absolute Gasteiger partial charge is 1.00 e. The van der Waals surface area contributed by atoms with Crippen molar-refractivity contribution in [1.29, 1.82) is 0 Å². The molecule has 0 bridgehead atoms. The number of aliphatic hydroxyl groups excluding tert-OH is 1. The molecule has 2 atom stereocenters. The number of hydrogen-bond acceptors (Lipinski definition) is 5. The van der Waals surface area contributed by atoms with Crippen LogP contribution < -0.4 is 29.3 Å². The topological polar surface area (TPSA) is 89.5 Å². The number of hydrogen-bond donors (Lipinski definition) is 2. The van der Waals surface area contributed by atoms with Gasteiger partial charge in [-0.15, -0.1) is 0 Å². The van der Waals surface area contributed by atoms with Crippen LogP contribution in [0.1, 0.15) is 59.3 Å². The average molecular weight is 426 g/mol. The Bertz CT molecular complexity index is 918. The fraction of sp³-hybridized carbons (Fsp3) is 0.364. The van der Waals surface area contributed by atoms with Crippen LogP contribution in [0.2, 0.25) is 5.02 Å². The Morgan fingerprint density at radius 2 is 1.87 bits per heavy atom. The SMILES string of the molecule is CC(CC(=O)[O-])N[C@@H](c1ccc(Cl)c(C(=O)c2ccc(CO)cc2)c1F)C1CC1.[Li+]. The molecule has 1 aliphatic rings. The minimum absolute atomic E-state index is 0. The van der Waals surface area contributed by atoms with Crippen molar-refractivity contribution in [2.75, 3.05) is 0 Å². The van der Waals surface area contributed by atoms with Crippen LogP contribution in [0, 0.1) is 11.7 Å². The summed E-state index contributed by atoms with van der Waals surface area (Å²) in [6.45, 7) is 1.55. The number of rotatable bonds is 9. The van der Waals surface area contributed by atoms with Crippen LogP contribution in [0.3, 0.4) is 0 Å². The van der Waals surface area contributed by atoms with Crippen molar-refractivity contribution in [2.45, 2.75) is 44.9 Å². The van der Waals surface area contributed by atoms with Gasteiger partial charge in [-0.25, -0.2) is 4.39 Å². The molecular formula is C22H22ClFLiNO4. The minimum atomic E-state index is -1.18. The number of benzene rings is 2. The van der Waals surface area contributed by atoms with Crippen molar-refractivity contribution in [2.24, 2.45) is 5.92 Å². The van der Waals surface area contributed by atoms with Crippen LogP contribution in [0.15, 0.2) is 36.4 Å². The predicted octanol–water partition coefficient (Wildman–Crippen LogP) is -0.224. The second-order valence-electron chi connectivity index (χ2n) is 7.47. The number of nitrogens with one attached hydrogen (secondary N) is 1. The molecule has 2 aromatic carbocycles. The van der Waals surface area contributed by atoms with E-state index in [9.17, 15) is 14.7 Å². The summed E-state index contributed by atoms with van der Waals surface area (Å²) in [6.07, 6.45) is 1.59. The summed E-state index contributed by atoms with van der Waals surface area (Å²) in [7, 11) is 0. The van der Waals surface area contributed by atoms with Gasteiger partial charge >= 0.3 is 18.9 Å². The number of aliphatic hydroxyl groups is 1. The summed E-state index contributed by atoms with van der Waals surface area (Å²) < 4.78 is 15.5. The molecule has 8 heteroatoms. The van der Waals surface area contributed by atoms with Gasteiger partial charge < -0.3 is 20.3 Å². The van der Waals surface area contributed by atoms with Crippen LogP contribution in [-0.2, 0) is 11.4 Å². The van der Waals surface area contributed by atoms with Crippen molar-refractivity contribution < 1.29 is 43.1 Å². The molecule has 30 heavy (non-hydrogen) atoms. The molecule has 0 aliphatic heterocycles. The molecule has 3 rings (SSSR count). The normalized spacial score (nSPS) is 15.2. The van der Waals surface area contributed by atoms with Crippen LogP contribution in [0.4, 0.5) is 4.39 Å². The van der Waals surface area contributed by atoms with Crippen LogP contribution in [0.25, 0.3) is 0 Å². The maximum absolute atomic E-state index is 15.5. The maximum atomic E-state index is 15.5. The standard InChI is InChI=1S/C22H23ClFNO4.Li/c1-12(10-18(27)28)25-21(14-6-7-14)16-8-9-17(23)19(20(16)24)22(29)15-4-2-13(11-26)3-5-15;/h2-5,8-9,12,14,21,25-26H,6-7,10-11H2,1H3,(H,27,28);/q;+1/p-1/t12?,21-;/m1./s1. The minimum Gasteiger partial charge on any atom is -0.550 e. The molecule has 2 N–H and O–H groups in total. The molecule has 0 saturated heterocycles. The van der Waals surface area contributed by atoms with Crippen molar-refractivity contribution >= 4 is 23.4 Å².